The van der Waals surface area contributed by atoms with Crippen LogP contribution < -0.4 is 4.90 Å². The van der Waals surface area contributed by atoms with Gasteiger partial charge in [-0.15, -0.1) is 0 Å². The van der Waals surface area contributed by atoms with Crippen LogP contribution in [0.5, 0.6) is 0 Å². The number of carboxylic acid groups (broad SMARTS) is 1. The largest absolute Gasteiger partial charge is 0.478 e. The highest BCUT2D eigenvalue weighted by atomic mass is 16.4. The molecular formula is C20H15N3O2. The number of carbonyl (C=O) groups is 1. The molecule has 122 valence electrons. The van der Waals surface area contributed by atoms with Crippen LogP contribution in [0.15, 0.2) is 67.0 Å². The molecule has 25 heavy (non-hydrogen) atoms. The number of para-hydroxylation sites is 1. The minimum Gasteiger partial charge on any atom is -0.478 e. The van der Waals surface area contributed by atoms with Crippen LogP contribution in [0, 0.1) is 0 Å². The van der Waals surface area contributed by atoms with Gasteiger partial charge in [0.2, 0.25) is 0 Å². The lowest BCUT2D eigenvalue weighted by atomic mass is 10.1. The molecule has 0 bridgehead atoms. The maximum Gasteiger partial charge on any atom is 0.335 e. The molecule has 0 radical (unpaired) electrons. The molecule has 0 unspecified atom stereocenters. The summed E-state index contributed by atoms with van der Waals surface area (Å²) in [5.74, 6) is -0.221. The SMILES string of the molecule is CN(c1ccccc1)c1nc2cc(C(=O)O)ccc2c2ccncc12. The van der Waals surface area contributed by atoms with Crippen LogP contribution in [0.25, 0.3) is 21.7 Å². The topological polar surface area (TPSA) is 66.3 Å². The van der Waals surface area contributed by atoms with Gasteiger partial charge in [-0.3, -0.25) is 4.98 Å². The first kappa shape index (κ1) is 15.1. The zero-order chi connectivity index (χ0) is 17.4. The fourth-order valence-electron chi connectivity index (χ4n) is 3.00. The monoisotopic (exact) mass is 329 g/mol. The fourth-order valence-corrected chi connectivity index (χ4v) is 3.00. The van der Waals surface area contributed by atoms with E-state index in [0.29, 0.717) is 5.52 Å². The Labute approximate surface area is 144 Å². The van der Waals surface area contributed by atoms with Crippen molar-refractivity contribution in [2.45, 2.75) is 0 Å². The van der Waals surface area contributed by atoms with Gasteiger partial charge in [-0.05, 0) is 35.7 Å². The van der Waals surface area contributed by atoms with Gasteiger partial charge in [0.1, 0.15) is 5.82 Å². The normalized spacial score (nSPS) is 10.9. The highest BCUT2D eigenvalue weighted by molar-refractivity contribution is 6.11. The minimum absolute atomic E-state index is 0.224. The molecule has 5 nitrogen and oxygen atoms in total. The van der Waals surface area contributed by atoms with Crippen molar-refractivity contribution in [2.24, 2.45) is 0 Å². The zero-order valence-electron chi connectivity index (χ0n) is 13.5. The van der Waals surface area contributed by atoms with E-state index in [-0.39, 0.29) is 5.56 Å². The van der Waals surface area contributed by atoms with E-state index in [1.807, 2.05) is 48.3 Å². The van der Waals surface area contributed by atoms with E-state index >= 15 is 0 Å². The Hall–Kier alpha value is -3.47. The number of pyridine rings is 2. The summed E-state index contributed by atoms with van der Waals surface area (Å²) in [5, 5.41) is 12.1. The second-order valence-electron chi connectivity index (χ2n) is 5.79. The zero-order valence-corrected chi connectivity index (χ0v) is 13.5. The first-order chi connectivity index (χ1) is 12.1. The number of hydrogen-bond acceptors (Lipinski definition) is 4. The summed E-state index contributed by atoms with van der Waals surface area (Å²) >= 11 is 0. The van der Waals surface area contributed by atoms with Crippen molar-refractivity contribution in [1.29, 1.82) is 0 Å². The highest BCUT2D eigenvalue weighted by Gasteiger charge is 2.14. The maximum absolute atomic E-state index is 11.3. The number of nitrogens with zero attached hydrogens (tertiary/aromatic N) is 3. The van der Waals surface area contributed by atoms with Gasteiger partial charge in [-0.2, -0.15) is 0 Å². The maximum atomic E-state index is 11.3. The molecule has 1 N–H and O–H groups in total. The van der Waals surface area contributed by atoms with Crippen molar-refractivity contribution in [3.63, 3.8) is 0 Å². The molecule has 2 heterocycles. The van der Waals surface area contributed by atoms with Gasteiger partial charge in [0.15, 0.2) is 0 Å². The minimum atomic E-state index is -0.962. The van der Waals surface area contributed by atoms with Crippen LogP contribution in [-0.4, -0.2) is 28.1 Å². The number of hydrogen-bond donors (Lipinski definition) is 1. The molecule has 0 aliphatic rings. The second-order valence-corrected chi connectivity index (χ2v) is 5.79. The summed E-state index contributed by atoms with van der Waals surface area (Å²) in [6.45, 7) is 0. The number of rotatable bonds is 3. The van der Waals surface area contributed by atoms with Gasteiger partial charge in [0, 0.05) is 35.9 Å². The van der Waals surface area contributed by atoms with E-state index in [9.17, 15) is 9.90 Å². The molecule has 0 atom stereocenters. The number of carboxylic acids is 1. The van der Waals surface area contributed by atoms with E-state index in [2.05, 4.69) is 4.98 Å². The van der Waals surface area contributed by atoms with Crippen molar-refractivity contribution < 1.29 is 9.90 Å². The standard InChI is InChI=1S/C20H15N3O2/c1-23(14-5-3-2-4-6-14)19-17-12-21-10-9-15(17)16-8-7-13(20(24)25)11-18(16)22-19/h2-12H,1H3,(H,24,25). The van der Waals surface area contributed by atoms with Crippen molar-refractivity contribution in [3.8, 4) is 0 Å². The van der Waals surface area contributed by atoms with Crippen LogP contribution in [0.4, 0.5) is 11.5 Å². The van der Waals surface area contributed by atoms with Crippen molar-refractivity contribution >= 4 is 39.1 Å². The molecule has 0 saturated heterocycles. The van der Waals surface area contributed by atoms with Gasteiger partial charge in [0.05, 0.1) is 11.1 Å². The molecule has 0 aliphatic carbocycles. The van der Waals surface area contributed by atoms with E-state index in [1.165, 1.54) is 0 Å². The fraction of sp³-hybridized carbons (Fsp3) is 0.0500. The van der Waals surface area contributed by atoms with Crippen LogP contribution in [0.2, 0.25) is 0 Å². The molecule has 0 fully saturated rings. The summed E-state index contributed by atoms with van der Waals surface area (Å²) in [5.41, 5.74) is 1.87. The quantitative estimate of drug-likeness (QED) is 0.569. The lowest BCUT2D eigenvalue weighted by molar-refractivity contribution is 0.0697. The van der Waals surface area contributed by atoms with Crippen molar-refractivity contribution in [2.75, 3.05) is 11.9 Å². The second kappa shape index (κ2) is 5.87. The Balaban J connectivity index is 2.03. The summed E-state index contributed by atoms with van der Waals surface area (Å²) < 4.78 is 0. The Kier molecular flexibility index (Phi) is 3.54. The van der Waals surface area contributed by atoms with Crippen molar-refractivity contribution in [1.82, 2.24) is 9.97 Å². The molecule has 0 aliphatic heterocycles. The van der Waals surface area contributed by atoms with E-state index in [4.69, 9.17) is 4.98 Å². The van der Waals surface area contributed by atoms with E-state index in [0.717, 1.165) is 27.7 Å². The average molecular weight is 329 g/mol. The summed E-state index contributed by atoms with van der Waals surface area (Å²) in [4.78, 5) is 22.3. The smallest absolute Gasteiger partial charge is 0.335 e. The number of benzene rings is 2. The first-order valence-corrected chi connectivity index (χ1v) is 7.85. The predicted molar refractivity (Wildman–Crippen MR) is 98.5 cm³/mol. The summed E-state index contributed by atoms with van der Waals surface area (Å²) in [7, 11) is 1.94. The number of aromatic nitrogens is 2. The van der Waals surface area contributed by atoms with Crippen molar-refractivity contribution in [3.05, 3.63) is 72.6 Å². The molecule has 4 aromatic rings. The highest BCUT2D eigenvalue weighted by Crippen LogP contribution is 2.33. The molecule has 0 amide bonds. The number of anilines is 2. The molecule has 2 aromatic heterocycles. The van der Waals surface area contributed by atoms with Crippen LogP contribution in [-0.2, 0) is 0 Å². The lowest BCUT2D eigenvalue weighted by Gasteiger charge is -2.21. The lowest BCUT2D eigenvalue weighted by Crippen LogP contribution is -2.12. The molecular weight excluding hydrogens is 314 g/mol. The molecule has 0 saturated carbocycles. The average Bonchev–Trinajstić information content (AvgIpc) is 2.67. The number of aromatic carboxylic acids is 1. The van der Waals surface area contributed by atoms with Gasteiger partial charge in [-0.1, -0.05) is 24.3 Å². The number of fused-ring (bicyclic) bond motifs is 3. The molecule has 2 aromatic carbocycles. The third-order valence-electron chi connectivity index (χ3n) is 4.28. The van der Waals surface area contributed by atoms with Crippen LogP contribution in [0.3, 0.4) is 0 Å². The Morgan fingerprint density at radius 3 is 2.56 bits per heavy atom. The first-order valence-electron chi connectivity index (χ1n) is 7.85. The third-order valence-corrected chi connectivity index (χ3v) is 4.28. The van der Waals surface area contributed by atoms with Crippen LogP contribution >= 0.6 is 0 Å². The molecule has 5 heteroatoms. The Bertz CT molecular complexity index is 1090. The molecule has 4 rings (SSSR count). The summed E-state index contributed by atoms with van der Waals surface area (Å²) in [6.07, 6.45) is 3.53. The summed E-state index contributed by atoms with van der Waals surface area (Å²) in [6, 6.07) is 16.9. The van der Waals surface area contributed by atoms with Crippen LogP contribution in [0.1, 0.15) is 10.4 Å². The van der Waals surface area contributed by atoms with Gasteiger partial charge in [-0.25, -0.2) is 9.78 Å². The van der Waals surface area contributed by atoms with E-state index < -0.39 is 5.97 Å². The Morgan fingerprint density at radius 2 is 1.80 bits per heavy atom. The third kappa shape index (κ3) is 2.55. The molecule has 0 spiro atoms. The van der Waals surface area contributed by atoms with E-state index in [1.54, 1.807) is 30.6 Å². The Morgan fingerprint density at radius 1 is 1.00 bits per heavy atom. The van der Waals surface area contributed by atoms with Gasteiger partial charge < -0.3 is 10.0 Å². The van der Waals surface area contributed by atoms with Gasteiger partial charge in [0.25, 0.3) is 0 Å². The predicted octanol–water partition coefficient (Wildman–Crippen LogP) is 4.25. The van der Waals surface area contributed by atoms with Gasteiger partial charge >= 0.3 is 5.97 Å².